The Morgan fingerprint density at radius 1 is 1.06 bits per heavy atom. The van der Waals surface area contributed by atoms with Crippen LogP contribution in [-0.2, 0) is 12.6 Å². The van der Waals surface area contributed by atoms with Crippen molar-refractivity contribution in [3.05, 3.63) is 35.1 Å². The predicted molar refractivity (Wildman–Crippen MR) is 54.6 cm³/mol. The lowest BCUT2D eigenvalue weighted by Crippen LogP contribution is -2.12. The van der Waals surface area contributed by atoms with Gasteiger partial charge in [0.05, 0.1) is 5.56 Å². The molecule has 0 saturated heterocycles. The van der Waals surface area contributed by atoms with Gasteiger partial charge in [-0.25, -0.2) is 4.39 Å². The van der Waals surface area contributed by atoms with Crippen LogP contribution in [-0.4, -0.2) is 0 Å². The Bertz CT molecular complexity index is 372. The van der Waals surface area contributed by atoms with Gasteiger partial charge in [0.15, 0.2) is 0 Å². The standard InChI is InChI=1S/C12H14F4/c1-11(2,3)7-8-6-9(12(14,15)16)4-5-10(8)13/h4-6H,7H2,1-3H3. The number of benzene rings is 1. The fourth-order valence-electron chi connectivity index (χ4n) is 1.46. The highest BCUT2D eigenvalue weighted by atomic mass is 19.4. The summed E-state index contributed by atoms with van der Waals surface area (Å²) in [4.78, 5) is 0. The maximum Gasteiger partial charge on any atom is 0.416 e. The van der Waals surface area contributed by atoms with Gasteiger partial charge in [0.2, 0.25) is 0 Å². The lowest BCUT2D eigenvalue weighted by atomic mass is 9.87. The summed E-state index contributed by atoms with van der Waals surface area (Å²) in [6.07, 6.45) is -4.14. The van der Waals surface area contributed by atoms with E-state index in [2.05, 4.69) is 0 Å². The Morgan fingerprint density at radius 2 is 1.62 bits per heavy atom. The van der Waals surface area contributed by atoms with E-state index in [0.29, 0.717) is 0 Å². The second-order valence-electron chi connectivity index (χ2n) is 5.04. The van der Waals surface area contributed by atoms with Gasteiger partial charge in [-0.1, -0.05) is 20.8 Å². The van der Waals surface area contributed by atoms with Crippen molar-refractivity contribution >= 4 is 0 Å². The topological polar surface area (TPSA) is 0 Å². The first-order valence-corrected chi connectivity index (χ1v) is 4.95. The first-order valence-electron chi connectivity index (χ1n) is 4.95. The van der Waals surface area contributed by atoms with Crippen LogP contribution in [0.1, 0.15) is 31.9 Å². The molecule has 0 fully saturated rings. The third-order valence-corrected chi connectivity index (χ3v) is 2.09. The van der Waals surface area contributed by atoms with E-state index in [1.807, 2.05) is 20.8 Å². The van der Waals surface area contributed by atoms with Gasteiger partial charge in [-0.3, -0.25) is 0 Å². The van der Waals surface area contributed by atoms with E-state index in [1.165, 1.54) is 0 Å². The summed E-state index contributed by atoms with van der Waals surface area (Å²) in [5.74, 6) is -0.581. The van der Waals surface area contributed by atoms with E-state index in [9.17, 15) is 17.6 Å². The van der Waals surface area contributed by atoms with E-state index in [-0.39, 0.29) is 17.4 Å². The molecule has 0 saturated carbocycles. The molecule has 0 heterocycles. The van der Waals surface area contributed by atoms with Crippen molar-refractivity contribution in [2.75, 3.05) is 0 Å². The van der Waals surface area contributed by atoms with Crippen molar-refractivity contribution < 1.29 is 17.6 Å². The van der Waals surface area contributed by atoms with E-state index >= 15 is 0 Å². The average Bonchev–Trinajstić information content (AvgIpc) is 2.04. The molecule has 0 aliphatic heterocycles. The summed E-state index contributed by atoms with van der Waals surface area (Å²) in [5.41, 5.74) is -0.930. The van der Waals surface area contributed by atoms with Crippen molar-refractivity contribution in [3.63, 3.8) is 0 Å². The summed E-state index contributed by atoms with van der Waals surface area (Å²) in [6, 6.07) is 2.53. The highest BCUT2D eigenvalue weighted by Crippen LogP contribution is 2.32. The molecule has 0 amide bonds. The molecule has 0 unspecified atom stereocenters. The van der Waals surface area contributed by atoms with Gasteiger partial charge in [-0.15, -0.1) is 0 Å². The SMILES string of the molecule is CC(C)(C)Cc1cc(C(F)(F)F)ccc1F. The Balaban J connectivity index is 3.10. The molecule has 90 valence electrons. The highest BCUT2D eigenvalue weighted by Gasteiger charge is 2.31. The van der Waals surface area contributed by atoms with Gasteiger partial charge in [0.25, 0.3) is 0 Å². The van der Waals surface area contributed by atoms with Crippen LogP contribution in [0.3, 0.4) is 0 Å². The maximum atomic E-state index is 13.3. The number of hydrogen-bond acceptors (Lipinski definition) is 0. The van der Waals surface area contributed by atoms with E-state index in [0.717, 1.165) is 18.2 Å². The fraction of sp³-hybridized carbons (Fsp3) is 0.500. The molecule has 4 heteroatoms. The van der Waals surface area contributed by atoms with Crippen LogP contribution in [0.15, 0.2) is 18.2 Å². The molecule has 16 heavy (non-hydrogen) atoms. The number of halogens is 4. The van der Waals surface area contributed by atoms with E-state index < -0.39 is 17.6 Å². The molecule has 0 aromatic heterocycles. The second-order valence-corrected chi connectivity index (χ2v) is 5.04. The zero-order valence-corrected chi connectivity index (χ0v) is 9.45. The number of rotatable bonds is 1. The molecule has 1 rings (SSSR count). The number of hydrogen-bond donors (Lipinski definition) is 0. The number of alkyl halides is 3. The molecule has 0 aliphatic carbocycles. The summed E-state index contributed by atoms with van der Waals surface area (Å²) >= 11 is 0. The van der Waals surface area contributed by atoms with Crippen molar-refractivity contribution in [1.29, 1.82) is 0 Å². The van der Waals surface area contributed by atoms with E-state index in [4.69, 9.17) is 0 Å². The monoisotopic (exact) mass is 234 g/mol. The Hall–Kier alpha value is -1.06. The zero-order chi connectivity index (χ0) is 12.6. The Kier molecular flexibility index (Phi) is 3.31. The van der Waals surface area contributed by atoms with Gasteiger partial charge >= 0.3 is 6.18 Å². The van der Waals surface area contributed by atoms with E-state index in [1.54, 1.807) is 0 Å². The summed E-state index contributed by atoms with van der Waals surface area (Å²) < 4.78 is 50.6. The van der Waals surface area contributed by atoms with Gasteiger partial charge < -0.3 is 0 Å². The maximum absolute atomic E-state index is 13.3. The van der Waals surface area contributed by atoms with Crippen LogP contribution in [0.5, 0.6) is 0 Å². The van der Waals surface area contributed by atoms with Gasteiger partial charge in [-0.05, 0) is 35.6 Å². The molecule has 1 aromatic carbocycles. The molecule has 0 N–H and O–H groups in total. The molecule has 0 atom stereocenters. The first kappa shape index (κ1) is 13.0. The minimum atomic E-state index is -4.42. The molecular formula is C12H14F4. The minimum Gasteiger partial charge on any atom is -0.207 e. The van der Waals surface area contributed by atoms with Crippen LogP contribution in [0, 0.1) is 11.2 Å². The predicted octanol–water partition coefficient (Wildman–Crippen LogP) is 4.43. The van der Waals surface area contributed by atoms with Crippen molar-refractivity contribution in [1.82, 2.24) is 0 Å². The smallest absolute Gasteiger partial charge is 0.207 e. The molecule has 0 bridgehead atoms. The Morgan fingerprint density at radius 3 is 2.06 bits per heavy atom. The quantitative estimate of drug-likeness (QED) is 0.630. The molecule has 0 nitrogen and oxygen atoms in total. The lowest BCUT2D eigenvalue weighted by molar-refractivity contribution is -0.137. The minimum absolute atomic E-state index is 0.113. The molecule has 1 aromatic rings. The van der Waals surface area contributed by atoms with Crippen LogP contribution < -0.4 is 0 Å². The van der Waals surface area contributed by atoms with Crippen LogP contribution in [0.25, 0.3) is 0 Å². The zero-order valence-electron chi connectivity index (χ0n) is 9.45. The summed E-state index contributed by atoms with van der Waals surface area (Å²) in [6.45, 7) is 5.56. The largest absolute Gasteiger partial charge is 0.416 e. The van der Waals surface area contributed by atoms with Crippen LogP contribution >= 0.6 is 0 Å². The van der Waals surface area contributed by atoms with Gasteiger partial charge in [-0.2, -0.15) is 13.2 Å². The normalized spacial score (nSPS) is 12.9. The second kappa shape index (κ2) is 4.07. The molecule has 0 radical (unpaired) electrons. The summed E-state index contributed by atoms with van der Waals surface area (Å²) in [7, 11) is 0. The van der Waals surface area contributed by atoms with Crippen molar-refractivity contribution in [2.45, 2.75) is 33.4 Å². The molecule has 0 spiro atoms. The van der Waals surface area contributed by atoms with Crippen molar-refractivity contribution in [3.8, 4) is 0 Å². The van der Waals surface area contributed by atoms with Crippen LogP contribution in [0.2, 0.25) is 0 Å². The van der Waals surface area contributed by atoms with Crippen LogP contribution in [0.4, 0.5) is 17.6 Å². The third kappa shape index (κ3) is 3.51. The highest BCUT2D eigenvalue weighted by molar-refractivity contribution is 5.27. The lowest BCUT2D eigenvalue weighted by Gasteiger charge is -2.19. The molecular weight excluding hydrogens is 220 g/mol. The average molecular weight is 234 g/mol. The molecule has 0 aliphatic rings. The third-order valence-electron chi connectivity index (χ3n) is 2.09. The van der Waals surface area contributed by atoms with Gasteiger partial charge in [0.1, 0.15) is 5.82 Å². The fourth-order valence-corrected chi connectivity index (χ4v) is 1.46. The first-order chi connectivity index (χ1) is 7.09. The summed E-state index contributed by atoms with van der Waals surface area (Å²) in [5, 5.41) is 0. The van der Waals surface area contributed by atoms with Crippen molar-refractivity contribution in [2.24, 2.45) is 5.41 Å². The Labute approximate surface area is 92.3 Å². The van der Waals surface area contributed by atoms with Gasteiger partial charge in [0, 0.05) is 0 Å².